The van der Waals surface area contributed by atoms with Gasteiger partial charge in [0.05, 0.1) is 6.54 Å². The van der Waals surface area contributed by atoms with Crippen LogP contribution in [0.1, 0.15) is 40.2 Å². The van der Waals surface area contributed by atoms with Crippen LogP contribution in [0.25, 0.3) is 0 Å². The van der Waals surface area contributed by atoms with Crippen LogP contribution >= 0.6 is 11.6 Å². The zero-order chi connectivity index (χ0) is 14.1. The lowest BCUT2D eigenvalue weighted by Gasteiger charge is -2.14. The van der Waals surface area contributed by atoms with Gasteiger partial charge >= 0.3 is 5.97 Å². The first-order valence-corrected chi connectivity index (χ1v) is 7.09. The van der Waals surface area contributed by atoms with E-state index in [0.29, 0.717) is 11.6 Å². The predicted octanol–water partition coefficient (Wildman–Crippen LogP) is 3.16. The average molecular weight is 291 g/mol. The normalized spacial score (nSPS) is 14.1. The Labute approximate surface area is 122 Å². The number of fused-ring (bicyclic) bond motifs is 1. The van der Waals surface area contributed by atoms with Crippen molar-refractivity contribution in [2.75, 3.05) is 0 Å². The molecule has 20 heavy (non-hydrogen) atoms. The molecule has 2 aromatic rings. The Balaban J connectivity index is 1.97. The molecule has 0 aliphatic heterocycles. The second-order valence-electron chi connectivity index (χ2n) is 5.07. The summed E-state index contributed by atoms with van der Waals surface area (Å²) in [5.41, 5.74) is 3.28. The standard InChI is InChI=1S/C15H15ClN2O2/c16-11-7-5-10(6-8-11)9-18-13-4-2-1-3-12(13)14(17-18)15(19)20/h5-8H,1-4,9H2,(H,19,20). The molecule has 0 saturated carbocycles. The fourth-order valence-electron chi connectivity index (χ4n) is 2.74. The summed E-state index contributed by atoms with van der Waals surface area (Å²) in [5, 5.41) is 14.3. The van der Waals surface area contributed by atoms with Gasteiger partial charge in [-0.1, -0.05) is 23.7 Å². The van der Waals surface area contributed by atoms with Crippen LogP contribution < -0.4 is 0 Å². The molecule has 0 atom stereocenters. The molecule has 0 amide bonds. The molecule has 0 fully saturated rings. The number of aromatic nitrogens is 2. The fraction of sp³-hybridized carbons (Fsp3) is 0.333. The summed E-state index contributed by atoms with van der Waals surface area (Å²) in [6.07, 6.45) is 3.86. The highest BCUT2D eigenvalue weighted by Gasteiger charge is 2.24. The highest BCUT2D eigenvalue weighted by molar-refractivity contribution is 6.30. The maximum Gasteiger partial charge on any atom is 0.356 e. The number of benzene rings is 1. The monoisotopic (exact) mass is 290 g/mol. The summed E-state index contributed by atoms with van der Waals surface area (Å²) in [6.45, 7) is 0.590. The van der Waals surface area contributed by atoms with Gasteiger partial charge in [-0.25, -0.2) is 4.79 Å². The van der Waals surface area contributed by atoms with E-state index < -0.39 is 5.97 Å². The van der Waals surface area contributed by atoms with Crippen LogP contribution in [0.3, 0.4) is 0 Å². The first-order valence-electron chi connectivity index (χ1n) is 6.71. The lowest BCUT2D eigenvalue weighted by Crippen LogP contribution is -2.10. The van der Waals surface area contributed by atoms with Crippen LogP contribution in [0.5, 0.6) is 0 Å². The third-order valence-electron chi connectivity index (χ3n) is 3.71. The minimum Gasteiger partial charge on any atom is -0.476 e. The van der Waals surface area contributed by atoms with Crippen molar-refractivity contribution in [3.63, 3.8) is 0 Å². The molecule has 1 aromatic carbocycles. The summed E-state index contributed by atoms with van der Waals surface area (Å²) in [4.78, 5) is 11.3. The zero-order valence-corrected chi connectivity index (χ0v) is 11.7. The second-order valence-corrected chi connectivity index (χ2v) is 5.51. The maximum absolute atomic E-state index is 11.3. The second kappa shape index (κ2) is 5.29. The van der Waals surface area contributed by atoms with Crippen LogP contribution in [0, 0.1) is 0 Å². The van der Waals surface area contributed by atoms with Crippen molar-refractivity contribution in [3.8, 4) is 0 Å². The van der Waals surface area contributed by atoms with Crippen molar-refractivity contribution in [1.82, 2.24) is 9.78 Å². The largest absolute Gasteiger partial charge is 0.476 e. The molecule has 1 aliphatic carbocycles. The number of hydrogen-bond acceptors (Lipinski definition) is 2. The molecule has 1 heterocycles. The quantitative estimate of drug-likeness (QED) is 0.944. The molecule has 0 bridgehead atoms. The van der Waals surface area contributed by atoms with E-state index in [1.807, 2.05) is 28.9 Å². The number of hydrogen-bond donors (Lipinski definition) is 1. The summed E-state index contributed by atoms with van der Waals surface area (Å²) in [7, 11) is 0. The van der Waals surface area contributed by atoms with Gasteiger partial charge in [-0.3, -0.25) is 4.68 Å². The molecular formula is C15H15ClN2O2. The maximum atomic E-state index is 11.3. The van der Waals surface area contributed by atoms with Crippen molar-refractivity contribution in [1.29, 1.82) is 0 Å². The van der Waals surface area contributed by atoms with Gasteiger partial charge in [-0.15, -0.1) is 0 Å². The third kappa shape index (κ3) is 2.43. The topological polar surface area (TPSA) is 55.1 Å². The van der Waals surface area contributed by atoms with Crippen LogP contribution in [0.2, 0.25) is 5.02 Å². The highest BCUT2D eigenvalue weighted by atomic mass is 35.5. The van der Waals surface area contributed by atoms with Crippen molar-refractivity contribution >= 4 is 17.6 Å². The number of carbonyl (C=O) groups is 1. The van der Waals surface area contributed by atoms with E-state index in [1.54, 1.807) is 0 Å². The van der Waals surface area contributed by atoms with Gasteiger partial charge < -0.3 is 5.11 Å². The lowest BCUT2D eigenvalue weighted by atomic mass is 9.95. The number of aromatic carboxylic acids is 1. The Morgan fingerprint density at radius 3 is 2.65 bits per heavy atom. The first kappa shape index (κ1) is 13.2. The molecule has 3 rings (SSSR count). The number of nitrogens with zero attached hydrogens (tertiary/aromatic N) is 2. The van der Waals surface area contributed by atoms with Gasteiger partial charge in [0.25, 0.3) is 0 Å². The predicted molar refractivity (Wildman–Crippen MR) is 76.4 cm³/mol. The van der Waals surface area contributed by atoms with Gasteiger partial charge in [0.2, 0.25) is 0 Å². The molecule has 4 nitrogen and oxygen atoms in total. The van der Waals surface area contributed by atoms with E-state index in [9.17, 15) is 9.90 Å². The van der Waals surface area contributed by atoms with Gasteiger partial charge in [-0.2, -0.15) is 5.10 Å². The molecule has 1 aliphatic rings. The van der Waals surface area contributed by atoms with Crippen molar-refractivity contribution < 1.29 is 9.90 Å². The minimum absolute atomic E-state index is 0.216. The summed E-state index contributed by atoms with van der Waals surface area (Å²) >= 11 is 5.88. The van der Waals surface area contributed by atoms with Crippen LogP contribution in [0.4, 0.5) is 0 Å². The third-order valence-corrected chi connectivity index (χ3v) is 3.96. The first-order chi connectivity index (χ1) is 9.65. The van der Waals surface area contributed by atoms with E-state index in [-0.39, 0.29) is 5.69 Å². The van der Waals surface area contributed by atoms with Crippen LogP contribution in [-0.2, 0) is 19.4 Å². The summed E-state index contributed by atoms with van der Waals surface area (Å²) < 4.78 is 1.83. The van der Waals surface area contributed by atoms with Gasteiger partial charge in [0, 0.05) is 16.3 Å². The molecule has 5 heteroatoms. The van der Waals surface area contributed by atoms with Crippen LogP contribution in [-0.4, -0.2) is 20.9 Å². The van der Waals surface area contributed by atoms with Gasteiger partial charge in [0.15, 0.2) is 5.69 Å². The van der Waals surface area contributed by atoms with Crippen LogP contribution in [0.15, 0.2) is 24.3 Å². The molecule has 0 spiro atoms. The highest BCUT2D eigenvalue weighted by Crippen LogP contribution is 2.25. The molecule has 1 N–H and O–H groups in total. The molecule has 0 saturated heterocycles. The average Bonchev–Trinajstić information content (AvgIpc) is 2.81. The Hall–Kier alpha value is -1.81. The lowest BCUT2D eigenvalue weighted by molar-refractivity contribution is 0.0688. The Bertz CT molecular complexity index is 647. The summed E-state index contributed by atoms with van der Waals surface area (Å²) in [6, 6.07) is 7.56. The van der Waals surface area contributed by atoms with E-state index in [2.05, 4.69) is 5.10 Å². The Kier molecular flexibility index (Phi) is 3.49. The smallest absolute Gasteiger partial charge is 0.356 e. The molecule has 104 valence electrons. The van der Waals surface area contributed by atoms with Crippen molar-refractivity contribution in [3.05, 3.63) is 51.8 Å². The molecule has 0 unspecified atom stereocenters. The Morgan fingerprint density at radius 2 is 1.95 bits per heavy atom. The Morgan fingerprint density at radius 1 is 1.25 bits per heavy atom. The number of carboxylic acid groups (broad SMARTS) is 1. The van der Waals surface area contributed by atoms with E-state index in [0.717, 1.165) is 42.5 Å². The summed E-state index contributed by atoms with van der Waals surface area (Å²) in [5.74, 6) is -0.932. The number of halogens is 1. The SMILES string of the molecule is O=C(O)c1nn(Cc2ccc(Cl)cc2)c2c1CCCC2. The van der Waals surface area contributed by atoms with Gasteiger partial charge in [-0.05, 0) is 43.4 Å². The molecule has 1 aromatic heterocycles. The van der Waals surface area contributed by atoms with E-state index in [1.165, 1.54) is 0 Å². The van der Waals surface area contributed by atoms with E-state index in [4.69, 9.17) is 11.6 Å². The molecule has 0 radical (unpaired) electrons. The van der Waals surface area contributed by atoms with E-state index >= 15 is 0 Å². The van der Waals surface area contributed by atoms with Crippen molar-refractivity contribution in [2.24, 2.45) is 0 Å². The number of rotatable bonds is 3. The fourth-order valence-corrected chi connectivity index (χ4v) is 2.86. The molecular weight excluding hydrogens is 276 g/mol. The van der Waals surface area contributed by atoms with Crippen molar-refractivity contribution in [2.45, 2.75) is 32.2 Å². The number of carboxylic acids is 1. The zero-order valence-electron chi connectivity index (χ0n) is 11.0. The minimum atomic E-state index is -0.932. The van der Waals surface area contributed by atoms with Gasteiger partial charge in [0.1, 0.15) is 0 Å².